The van der Waals surface area contributed by atoms with Crippen LogP contribution >= 0.6 is 0 Å². The molecule has 2 saturated heterocycles. The highest BCUT2D eigenvalue weighted by Crippen LogP contribution is 2.37. The molecule has 3 heteroatoms. The summed E-state index contributed by atoms with van der Waals surface area (Å²) in [6.45, 7) is 3.21. The fourth-order valence-electron chi connectivity index (χ4n) is 4.33. The van der Waals surface area contributed by atoms with Gasteiger partial charge in [0.2, 0.25) is 5.91 Å². The van der Waals surface area contributed by atoms with E-state index < -0.39 is 0 Å². The zero-order valence-electron chi connectivity index (χ0n) is 13.3. The largest absolute Gasteiger partial charge is 0.338 e. The first kappa shape index (κ1) is 14.3. The molecule has 3 aliphatic rings. The van der Waals surface area contributed by atoms with E-state index in [-0.39, 0.29) is 0 Å². The predicted octanol–water partition coefficient (Wildman–Crippen LogP) is 3.05. The molecule has 2 aliphatic heterocycles. The summed E-state index contributed by atoms with van der Waals surface area (Å²) < 4.78 is 0. The van der Waals surface area contributed by atoms with Crippen molar-refractivity contribution in [2.45, 2.75) is 57.2 Å². The summed E-state index contributed by atoms with van der Waals surface area (Å²) in [7, 11) is 0. The number of amides is 1. The molecule has 2 atom stereocenters. The highest BCUT2D eigenvalue weighted by atomic mass is 16.2. The first-order valence-electron chi connectivity index (χ1n) is 8.91. The van der Waals surface area contributed by atoms with Crippen LogP contribution in [0.5, 0.6) is 0 Å². The van der Waals surface area contributed by atoms with E-state index in [1.807, 2.05) is 0 Å². The lowest BCUT2D eigenvalue weighted by Crippen LogP contribution is -2.48. The second-order valence-corrected chi connectivity index (χ2v) is 7.18. The third-order valence-electron chi connectivity index (χ3n) is 5.60. The molecule has 1 aromatic rings. The molecule has 0 N–H and O–H groups in total. The van der Waals surface area contributed by atoms with Gasteiger partial charge in [0.15, 0.2) is 0 Å². The number of carbonyl (C=O) groups is 1. The lowest BCUT2D eigenvalue weighted by Gasteiger charge is -2.35. The van der Waals surface area contributed by atoms with E-state index in [0.717, 1.165) is 25.9 Å². The van der Waals surface area contributed by atoms with E-state index in [4.69, 9.17) is 0 Å². The zero-order chi connectivity index (χ0) is 14.9. The molecule has 22 heavy (non-hydrogen) atoms. The van der Waals surface area contributed by atoms with Gasteiger partial charge in [0.25, 0.3) is 0 Å². The van der Waals surface area contributed by atoms with Crippen LogP contribution in [-0.4, -0.2) is 40.9 Å². The van der Waals surface area contributed by atoms with Gasteiger partial charge in [-0.05, 0) is 50.6 Å². The normalized spacial score (nSPS) is 29.2. The topological polar surface area (TPSA) is 23.6 Å². The molecule has 1 aromatic carbocycles. The molecule has 0 aromatic heterocycles. The quantitative estimate of drug-likeness (QED) is 0.853. The molecule has 3 fully saturated rings. The molecule has 2 unspecified atom stereocenters. The third-order valence-corrected chi connectivity index (χ3v) is 5.60. The molecular weight excluding hydrogens is 272 g/mol. The van der Waals surface area contributed by atoms with Gasteiger partial charge in [-0.15, -0.1) is 0 Å². The maximum absolute atomic E-state index is 12.5. The molecular formula is C19H26N2O. The van der Waals surface area contributed by atoms with Gasteiger partial charge in [0, 0.05) is 31.1 Å². The van der Waals surface area contributed by atoms with E-state index in [0.29, 0.717) is 23.9 Å². The van der Waals surface area contributed by atoms with Crippen molar-refractivity contribution in [1.29, 1.82) is 0 Å². The van der Waals surface area contributed by atoms with Crippen LogP contribution in [0.3, 0.4) is 0 Å². The predicted molar refractivity (Wildman–Crippen MR) is 87.3 cm³/mol. The Hall–Kier alpha value is -1.35. The Morgan fingerprint density at radius 3 is 2.45 bits per heavy atom. The zero-order valence-corrected chi connectivity index (χ0v) is 13.3. The van der Waals surface area contributed by atoms with Crippen LogP contribution in [0.25, 0.3) is 0 Å². The van der Waals surface area contributed by atoms with Crippen LogP contribution < -0.4 is 0 Å². The number of nitrogens with zero attached hydrogens (tertiary/aromatic N) is 2. The molecule has 1 amide bonds. The maximum Gasteiger partial charge on any atom is 0.225 e. The summed E-state index contributed by atoms with van der Waals surface area (Å²) in [6, 6.07) is 11.8. The number of rotatable bonds is 4. The fraction of sp³-hybridized carbons (Fsp3) is 0.632. The van der Waals surface area contributed by atoms with Crippen LogP contribution in [0.15, 0.2) is 30.3 Å². The average Bonchev–Trinajstić information content (AvgIpc) is 3.11. The van der Waals surface area contributed by atoms with Crippen molar-refractivity contribution in [3.8, 4) is 0 Å². The molecule has 118 valence electrons. The molecule has 0 bridgehead atoms. The van der Waals surface area contributed by atoms with E-state index in [1.54, 1.807) is 0 Å². The summed E-state index contributed by atoms with van der Waals surface area (Å²) in [5.41, 5.74) is 1.40. The minimum atomic E-state index is 0.365. The van der Waals surface area contributed by atoms with Gasteiger partial charge in [0.05, 0.1) is 0 Å². The van der Waals surface area contributed by atoms with Gasteiger partial charge in [-0.1, -0.05) is 30.3 Å². The first-order valence-corrected chi connectivity index (χ1v) is 8.91. The van der Waals surface area contributed by atoms with Crippen molar-refractivity contribution in [3.05, 3.63) is 35.9 Å². The van der Waals surface area contributed by atoms with Crippen LogP contribution in [0.1, 0.15) is 44.1 Å². The van der Waals surface area contributed by atoms with Crippen molar-refractivity contribution >= 4 is 5.91 Å². The molecule has 0 spiro atoms. The molecule has 0 radical (unpaired) electrons. The number of hydrogen-bond acceptors (Lipinski definition) is 2. The van der Waals surface area contributed by atoms with Crippen LogP contribution in [0.4, 0.5) is 0 Å². The van der Waals surface area contributed by atoms with Gasteiger partial charge < -0.3 is 4.90 Å². The Labute approximate surface area is 133 Å². The molecule has 2 heterocycles. The Kier molecular flexibility index (Phi) is 3.91. The van der Waals surface area contributed by atoms with Crippen molar-refractivity contribution < 1.29 is 4.79 Å². The maximum atomic E-state index is 12.5. The summed E-state index contributed by atoms with van der Waals surface area (Å²) in [5.74, 6) is 0.818. The standard InChI is InChI=1S/C19H26N2O/c22-19(16-10-11-16)21-13-5-9-18(21)17-8-4-12-20(17)14-15-6-2-1-3-7-15/h1-3,6-7,16-18H,4-5,8-14H2. The second-order valence-electron chi connectivity index (χ2n) is 7.18. The lowest BCUT2D eigenvalue weighted by molar-refractivity contribution is -0.134. The van der Waals surface area contributed by atoms with Gasteiger partial charge in [-0.25, -0.2) is 0 Å². The summed E-state index contributed by atoms with van der Waals surface area (Å²) in [6.07, 6.45) is 7.18. The summed E-state index contributed by atoms with van der Waals surface area (Å²) in [5, 5.41) is 0. The molecule has 1 aliphatic carbocycles. The molecule has 4 rings (SSSR count). The lowest BCUT2D eigenvalue weighted by atomic mass is 10.0. The Balaban J connectivity index is 1.46. The monoisotopic (exact) mass is 298 g/mol. The third kappa shape index (κ3) is 2.79. The van der Waals surface area contributed by atoms with E-state index in [2.05, 4.69) is 40.1 Å². The number of carbonyl (C=O) groups excluding carboxylic acids is 1. The van der Waals surface area contributed by atoms with Crippen LogP contribution in [-0.2, 0) is 11.3 Å². The number of benzene rings is 1. The molecule has 1 saturated carbocycles. The highest BCUT2D eigenvalue weighted by molar-refractivity contribution is 5.81. The van der Waals surface area contributed by atoms with E-state index >= 15 is 0 Å². The minimum absolute atomic E-state index is 0.365. The summed E-state index contributed by atoms with van der Waals surface area (Å²) >= 11 is 0. The minimum Gasteiger partial charge on any atom is -0.338 e. The van der Waals surface area contributed by atoms with Crippen molar-refractivity contribution in [2.24, 2.45) is 5.92 Å². The Bertz CT molecular complexity index is 525. The Morgan fingerprint density at radius 2 is 1.68 bits per heavy atom. The van der Waals surface area contributed by atoms with Crippen molar-refractivity contribution in [3.63, 3.8) is 0 Å². The number of likely N-dealkylation sites (tertiary alicyclic amines) is 2. The molecule has 3 nitrogen and oxygen atoms in total. The van der Waals surface area contributed by atoms with Crippen LogP contribution in [0, 0.1) is 5.92 Å². The SMILES string of the molecule is O=C(C1CC1)N1CCCC1C1CCCN1Cc1ccccc1. The number of hydrogen-bond donors (Lipinski definition) is 0. The highest BCUT2D eigenvalue weighted by Gasteiger charge is 2.43. The van der Waals surface area contributed by atoms with Gasteiger partial charge in [0.1, 0.15) is 0 Å². The fourth-order valence-corrected chi connectivity index (χ4v) is 4.33. The summed E-state index contributed by atoms with van der Waals surface area (Å²) in [4.78, 5) is 17.4. The average molecular weight is 298 g/mol. The Morgan fingerprint density at radius 1 is 0.955 bits per heavy atom. The van der Waals surface area contributed by atoms with Crippen LogP contribution in [0.2, 0.25) is 0 Å². The van der Waals surface area contributed by atoms with Gasteiger partial charge >= 0.3 is 0 Å². The van der Waals surface area contributed by atoms with Crippen molar-refractivity contribution in [1.82, 2.24) is 9.80 Å². The smallest absolute Gasteiger partial charge is 0.225 e. The first-order chi connectivity index (χ1) is 10.8. The van der Waals surface area contributed by atoms with E-state index in [1.165, 1.54) is 37.8 Å². The van der Waals surface area contributed by atoms with E-state index in [9.17, 15) is 4.79 Å². The van der Waals surface area contributed by atoms with Gasteiger partial charge in [-0.2, -0.15) is 0 Å². The van der Waals surface area contributed by atoms with Crippen molar-refractivity contribution in [2.75, 3.05) is 13.1 Å². The van der Waals surface area contributed by atoms with Gasteiger partial charge in [-0.3, -0.25) is 9.69 Å². The second kappa shape index (κ2) is 6.04.